The molecule has 80 valence electrons. The molecule has 2 heterocycles. The van der Waals surface area contributed by atoms with Crippen LogP contribution in [0, 0.1) is 0 Å². The molecule has 1 saturated heterocycles. The molecule has 0 N–H and O–H groups in total. The molecule has 4 nitrogen and oxygen atoms in total. The summed E-state index contributed by atoms with van der Waals surface area (Å²) in [7, 11) is 1.57. The number of hydrogen-bond donors (Lipinski definition) is 0. The molecule has 1 aliphatic carbocycles. The van der Waals surface area contributed by atoms with Crippen LogP contribution in [-0.2, 0) is 4.74 Å². The molecular formula is C12H8O4. The van der Waals surface area contributed by atoms with Crippen LogP contribution in [0.1, 0.15) is 22.0 Å². The summed E-state index contributed by atoms with van der Waals surface area (Å²) in [6.45, 7) is 0. The lowest BCUT2D eigenvalue weighted by atomic mass is 10.0. The van der Waals surface area contributed by atoms with Gasteiger partial charge in [-0.3, -0.25) is 4.79 Å². The number of rotatable bonds is 1. The lowest BCUT2D eigenvalue weighted by molar-refractivity contribution is 0.0949. The van der Waals surface area contributed by atoms with Crippen molar-refractivity contribution in [2.24, 2.45) is 0 Å². The van der Waals surface area contributed by atoms with Crippen LogP contribution < -0.4 is 4.74 Å². The Kier molecular flexibility index (Phi) is 1.29. The maximum atomic E-state index is 11.9. The number of carbonyl (C=O) groups is 1. The van der Waals surface area contributed by atoms with E-state index < -0.39 is 0 Å². The normalized spacial score (nSPS) is 25.7. The molecule has 0 amide bonds. The average molecular weight is 216 g/mol. The molecule has 4 rings (SSSR count). The number of methoxy groups -OCH3 is 1. The van der Waals surface area contributed by atoms with Crippen molar-refractivity contribution in [3.63, 3.8) is 0 Å². The van der Waals surface area contributed by atoms with Crippen LogP contribution in [0.15, 0.2) is 22.8 Å². The lowest BCUT2D eigenvalue weighted by Crippen LogP contribution is -2.05. The van der Waals surface area contributed by atoms with Gasteiger partial charge in [0.15, 0.2) is 11.9 Å². The fourth-order valence-electron chi connectivity index (χ4n) is 2.48. The molecule has 1 fully saturated rings. The van der Waals surface area contributed by atoms with E-state index in [0.717, 1.165) is 16.5 Å². The molecule has 1 aromatic heterocycles. The Morgan fingerprint density at radius 3 is 3.06 bits per heavy atom. The van der Waals surface area contributed by atoms with E-state index in [4.69, 9.17) is 13.9 Å². The van der Waals surface area contributed by atoms with E-state index in [-0.39, 0.29) is 18.0 Å². The summed E-state index contributed by atoms with van der Waals surface area (Å²) in [6.07, 6.45) is 1.24. The Labute approximate surface area is 90.7 Å². The Morgan fingerprint density at radius 2 is 2.25 bits per heavy atom. The summed E-state index contributed by atoms with van der Waals surface area (Å²) in [5.74, 6) is 0.641. The van der Waals surface area contributed by atoms with E-state index in [9.17, 15) is 4.79 Å². The van der Waals surface area contributed by atoms with E-state index in [2.05, 4.69) is 0 Å². The number of fused-ring (bicyclic) bond motifs is 4. The van der Waals surface area contributed by atoms with E-state index in [1.165, 1.54) is 0 Å². The Balaban J connectivity index is 2.15. The first-order valence-electron chi connectivity index (χ1n) is 5.09. The minimum atomic E-state index is -0.282. The molecular weight excluding hydrogens is 208 g/mol. The van der Waals surface area contributed by atoms with E-state index in [1.807, 2.05) is 12.1 Å². The van der Waals surface area contributed by atoms with E-state index in [1.54, 1.807) is 13.4 Å². The highest BCUT2D eigenvalue weighted by Gasteiger charge is 2.55. The molecule has 2 unspecified atom stereocenters. The van der Waals surface area contributed by atoms with Gasteiger partial charge in [-0.05, 0) is 12.1 Å². The zero-order valence-corrected chi connectivity index (χ0v) is 8.52. The summed E-state index contributed by atoms with van der Waals surface area (Å²) in [5, 5.41) is 0.843. The van der Waals surface area contributed by atoms with E-state index in [0.29, 0.717) is 11.3 Å². The van der Waals surface area contributed by atoms with Gasteiger partial charge >= 0.3 is 0 Å². The second-order valence-electron chi connectivity index (χ2n) is 4.05. The average Bonchev–Trinajstić information content (AvgIpc) is 2.88. The van der Waals surface area contributed by atoms with Crippen molar-refractivity contribution < 1.29 is 18.7 Å². The van der Waals surface area contributed by atoms with Gasteiger partial charge in [0.05, 0.1) is 24.3 Å². The molecule has 2 aromatic rings. The minimum absolute atomic E-state index is 0.0277. The van der Waals surface area contributed by atoms with Gasteiger partial charge in [0.2, 0.25) is 0 Å². The number of Topliss-reactive ketones (excluding diaryl/α,β-unsaturated/α-hetero) is 1. The van der Waals surface area contributed by atoms with Gasteiger partial charge in [0, 0.05) is 5.56 Å². The fraction of sp³-hybridized carbons (Fsp3) is 0.250. The minimum Gasteiger partial charge on any atom is -0.495 e. The number of ether oxygens (including phenoxy) is 2. The lowest BCUT2D eigenvalue weighted by Gasteiger charge is -2.08. The van der Waals surface area contributed by atoms with Crippen LogP contribution >= 0.6 is 0 Å². The maximum absolute atomic E-state index is 11.9. The summed E-state index contributed by atoms with van der Waals surface area (Å²) in [6, 6.07) is 3.69. The predicted molar refractivity (Wildman–Crippen MR) is 54.7 cm³/mol. The topological polar surface area (TPSA) is 52.0 Å². The van der Waals surface area contributed by atoms with Gasteiger partial charge < -0.3 is 13.9 Å². The molecule has 1 aliphatic heterocycles. The zero-order valence-electron chi connectivity index (χ0n) is 8.52. The van der Waals surface area contributed by atoms with Crippen molar-refractivity contribution >= 4 is 16.8 Å². The van der Waals surface area contributed by atoms with Gasteiger partial charge in [-0.2, -0.15) is 0 Å². The molecule has 2 aliphatic rings. The molecule has 0 radical (unpaired) electrons. The van der Waals surface area contributed by atoms with Crippen LogP contribution in [0.4, 0.5) is 0 Å². The quantitative estimate of drug-likeness (QED) is 0.685. The van der Waals surface area contributed by atoms with Crippen LogP contribution in [0.3, 0.4) is 0 Å². The van der Waals surface area contributed by atoms with Crippen LogP contribution in [0.25, 0.3) is 11.0 Å². The highest BCUT2D eigenvalue weighted by atomic mass is 16.6. The smallest absolute Gasteiger partial charge is 0.198 e. The third-order valence-electron chi connectivity index (χ3n) is 3.25. The van der Waals surface area contributed by atoms with Gasteiger partial charge in [0.25, 0.3) is 0 Å². The molecule has 0 spiro atoms. The number of epoxide rings is 1. The van der Waals surface area contributed by atoms with Crippen molar-refractivity contribution in [1.29, 1.82) is 0 Å². The van der Waals surface area contributed by atoms with Crippen molar-refractivity contribution in [2.75, 3.05) is 7.11 Å². The number of hydrogen-bond acceptors (Lipinski definition) is 4. The summed E-state index contributed by atoms with van der Waals surface area (Å²) < 4.78 is 15.9. The van der Waals surface area contributed by atoms with Crippen LogP contribution in [0.2, 0.25) is 0 Å². The fourth-order valence-corrected chi connectivity index (χ4v) is 2.48. The van der Waals surface area contributed by atoms with Gasteiger partial charge in [-0.25, -0.2) is 0 Å². The molecule has 16 heavy (non-hydrogen) atoms. The largest absolute Gasteiger partial charge is 0.495 e. The summed E-state index contributed by atoms with van der Waals surface area (Å²) in [5.41, 5.74) is 2.30. The predicted octanol–water partition coefficient (Wildman–Crippen LogP) is 2.08. The Hall–Kier alpha value is -1.81. The van der Waals surface area contributed by atoms with Crippen LogP contribution in [0.5, 0.6) is 5.75 Å². The number of furan rings is 1. The number of carbonyl (C=O) groups excluding carboxylic acids is 1. The summed E-state index contributed by atoms with van der Waals surface area (Å²) >= 11 is 0. The standard InChI is InChI=1S/C12H8O4/c1-14-10-5-2-3-15-7(5)4-6-8(10)9(13)12-11(6)16-12/h2-4,11-12H,1H3. The van der Waals surface area contributed by atoms with Crippen molar-refractivity contribution in [2.45, 2.75) is 12.2 Å². The Bertz CT molecular complexity index is 625. The number of benzene rings is 1. The first-order valence-corrected chi connectivity index (χ1v) is 5.09. The maximum Gasteiger partial charge on any atom is 0.198 e. The monoisotopic (exact) mass is 216 g/mol. The van der Waals surface area contributed by atoms with Crippen molar-refractivity contribution in [1.82, 2.24) is 0 Å². The first-order chi connectivity index (χ1) is 7.81. The zero-order chi connectivity index (χ0) is 10.9. The van der Waals surface area contributed by atoms with Gasteiger partial charge in [-0.15, -0.1) is 0 Å². The van der Waals surface area contributed by atoms with E-state index >= 15 is 0 Å². The highest BCUT2D eigenvalue weighted by Crippen LogP contribution is 2.53. The van der Waals surface area contributed by atoms with Gasteiger partial charge in [0.1, 0.15) is 17.4 Å². The molecule has 0 saturated carbocycles. The molecule has 1 aromatic carbocycles. The molecule has 4 heteroatoms. The third-order valence-corrected chi connectivity index (χ3v) is 3.25. The molecule has 0 bridgehead atoms. The first kappa shape index (κ1) is 8.35. The SMILES string of the molecule is COc1c2c(cc3occc13)C1OC1C2=O. The second-order valence-corrected chi connectivity index (χ2v) is 4.05. The Morgan fingerprint density at radius 1 is 1.38 bits per heavy atom. The summed E-state index contributed by atoms with van der Waals surface area (Å²) in [4.78, 5) is 11.9. The third kappa shape index (κ3) is 0.782. The van der Waals surface area contributed by atoms with Crippen LogP contribution in [-0.4, -0.2) is 19.0 Å². The van der Waals surface area contributed by atoms with Crippen molar-refractivity contribution in [3.05, 3.63) is 29.5 Å². The second kappa shape index (κ2) is 2.47. The van der Waals surface area contributed by atoms with Gasteiger partial charge in [-0.1, -0.05) is 0 Å². The number of ketones is 1. The highest BCUT2D eigenvalue weighted by molar-refractivity contribution is 6.12. The molecule has 2 atom stereocenters. The van der Waals surface area contributed by atoms with Crippen molar-refractivity contribution in [3.8, 4) is 5.75 Å².